The maximum atomic E-state index is 12.4. The highest BCUT2D eigenvalue weighted by atomic mass is 79.9. The first-order chi connectivity index (χ1) is 10.6. The highest BCUT2D eigenvalue weighted by Gasteiger charge is 2.24. The lowest BCUT2D eigenvalue weighted by molar-refractivity contribution is 0.0703. The van der Waals surface area contributed by atoms with Gasteiger partial charge in [0, 0.05) is 29.2 Å². The molecular weight excluding hydrogens is 348 g/mol. The number of rotatable bonds is 4. The lowest BCUT2D eigenvalue weighted by Gasteiger charge is -2.32. The van der Waals surface area contributed by atoms with E-state index in [9.17, 15) is 9.59 Å². The van der Waals surface area contributed by atoms with Crippen molar-refractivity contribution >= 4 is 27.9 Å². The summed E-state index contributed by atoms with van der Waals surface area (Å²) < 4.78 is 5.84. The molecule has 2 amide bonds. The van der Waals surface area contributed by atoms with Crippen LogP contribution in [0.2, 0.25) is 0 Å². The van der Waals surface area contributed by atoms with Crippen LogP contribution >= 0.6 is 15.9 Å². The van der Waals surface area contributed by atoms with Gasteiger partial charge in [0.1, 0.15) is 6.61 Å². The van der Waals surface area contributed by atoms with Crippen molar-refractivity contribution in [3.8, 4) is 0 Å². The molecule has 1 aromatic carbocycles. The zero-order valence-corrected chi connectivity index (χ0v) is 13.8. The van der Waals surface area contributed by atoms with E-state index in [0.29, 0.717) is 18.7 Å². The monoisotopic (exact) mass is 366 g/mol. The molecule has 0 bridgehead atoms. The molecule has 22 heavy (non-hydrogen) atoms. The van der Waals surface area contributed by atoms with Gasteiger partial charge in [-0.3, -0.25) is 4.79 Å². The van der Waals surface area contributed by atoms with Crippen molar-refractivity contribution in [2.24, 2.45) is 0 Å². The average molecular weight is 367 g/mol. The highest BCUT2D eigenvalue weighted by molar-refractivity contribution is 9.10. The lowest BCUT2D eigenvalue weighted by atomic mass is 10.0. The fourth-order valence-electron chi connectivity index (χ4n) is 2.34. The summed E-state index contributed by atoms with van der Waals surface area (Å²) in [4.78, 5) is 25.7. The summed E-state index contributed by atoms with van der Waals surface area (Å²) in [5, 5.41) is 2.81. The number of alkyl carbamates (subject to hydrolysis) is 1. The molecule has 0 spiro atoms. The number of nitrogens with one attached hydrogen (secondary N) is 1. The van der Waals surface area contributed by atoms with Crippen LogP contribution in [-0.4, -0.2) is 42.6 Å². The van der Waals surface area contributed by atoms with E-state index in [1.54, 1.807) is 0 Å². The number of carbonyl (C=O) groups excluding carboxylic acids is 2. The molecule has 1 aliphatic rings. The third-order valence-electron chi connectivity index (χ3n) is 3.53. The van der Waals surface area contributed by atoms with Crippen LogP contribution in [-0.2, 0) is 4.74 Å². The van der Waals surface area contributed by atoms with Gasteiger partial charge in [-0.25, -0.2) is 4.79 Å². The molecule has 6 heteroatoms. The zero-order chi connectivity index (χ0) is 15.9. The van der Waals surface area contributed by atoms with Gasteiger partial charge in [-0.15, -0.1) is 0 Å². The quantitative estimate of drug-likeness (QED) is 0.833. The third-order valence-corrected chi connectivity index (χ3v) is 4.06. The lowest BCUT2D eigenvalue weighted by Crippen LogP contribution is -2.46. The summed E-state index contributed by atoms with van der Waals surface area (Å²) in [6.45, 7) is 4.94. The van der Waals surface area contributed by atoms with Crippen LogP contribution in [0.15, 0.2) is 41.4 Å². The van der Waals surface area contributed by atoms with Crippen molar-refractivity contribution in [2.75, 3.05) is 19.7 Å². The SMILES string of the molecule is C=CCOC(=O)NC1CCN(C(=O)c2ccc(Br)cc2)CC1. The Bertz CT molecular complexity index is 537. The van der Waals surface area contributed by atoms with Crippen LogP contribution in [0.1, 0.15) is 23.2 Å². The van der Waals surface area contributed by atoms with Crippen molar-refractivity contribution in [1.82, 2.24) is 10.2 Å². The summed E-state index contributed by atoms with van der Waals surface area (Å²) in [5.41, 5.74) is 0.681. The molecule has 1 aromatic rings. The minimum atomic E-state index is -0.433. The molecular formula is C16H19BrN2O3. The average Bonchev–Trinajstić information content (AvgIpc) is 2.54. The van der Waals surface area contributed by atoms with E-state index >= 15 is 0 Å². The first kappa shape index (κ1) is 16.5. The molecule has 0 radical (unpaired) electrons. The second kappa shape index (κ2) is 7.98. The van der Waals surface area contributed by atoms with Gasteiger partial charge in [0.15, 0.2) is 0 Å². The van der Waals surface area contributed by atoms with Crippen LogP contribution in [0.5, 0.6) is 0 Å². The predicted octanol–water partition coefficient (Wildman–Crippen LogP) is 2.97. The smallest absolute Gasteiger partial charge is 0.407 e. The second-order valence-corrected chi connectivity index (χ2v) is 6.02. The van der Waals surface area contributed by atoms with E-state index < -0.39 is 6.09 Å². The number of amides is 2. The third kappa shape index (κ3) is 4.59. The minimum absolute atomic E-state index is 0.0279. The summed E-state index contributed by atoms with van der Waals surface area (Å²) in [7, 11) is 0. The normalized spacial score (nSPS) is 15.2. The molecule has 0 unspecified atom stereocenters. The van der Waals surface area contributed by atoms with Crippen LogP contribution in [0.3, 0.4) is 0 Å². The van der Waals surface area contributed by atoms with Crippen LogP contribution in [0, 0.1) is 0 Å². The summed E-state index contributed by atoms with van der Waals surface area (Å²) in [5.74, 6) is 0.0279. The maximum Gasteiger partial charge on any atom is 0.407 e. The second-order valence-electron chi connectivity index (χ2n) is 5.10. The maximum absolute atomic E-state index is 12.4. The molecule has 0 aromatic heterocycles. The van der Waals surface area contributed by atoms with Gasteiger partial charge >= 0.3 is 6.09 Å². The number of hydrogen-bond acceptors (Lipinski definition) is 3. The molecule has 118 valence electrons. The first-order valence-electron chi connectivity index (χ1n) is 7.19. The van der Waals surface area contributed by atoms with Crippen molar-refractivity contribution < 1.29 is 14.3 Å². The standard InChI is InChI=1S/C16H19BrN2O3/c1-2-11-22-16(21)18-14-7-9-19(10-8-14)15(20)12-3-5-13(17)6-4-12/h2-6,14H,1,7-11H2,(H,18,21). The van der Waals surface area contributed by atoms with Gasteiger partial charge in [0.25, 0.3) is 5.91 Å². The van der Waals surface area contributed by atoms with Crippen LogP contribution < -0.4 is 5.32 Å². The largest absolute Gasteiger partial charge is 0.445 e. The van der Waals surface area contributed by atoms with Gasteiger partial charge in [-0.2, -0.15) is 0 Å². The van der Waals surface area contributed by atoms with E-state index in [4.69, 9.17) is 4.74 Å². The zero-order valence-electron chi connectivity index (χ0n) is 12.3. The van der Waals surface area contributed by atoms with Crippen molar-refractivity contribution in [2.45, 2.75) is 18.9 Å². The number of piperidine rings is 1. The summed E-state index contributed by atoms with van der Waals surface area (Å²) in [6.07, 6.45) is 2.55. The van der Waals surface area contributed by atoms with Crippen LogP contribution in [0.25, 0.3) is 0 Å². The molecule has 1 saturated heterocycles. The number of likely N-dealkylation sites (tertiary alicyclic amines) is 1. The van der Waals surface area contributed by atoms with Gasteiger partial charge in [-0.05, 0) is 37.1 Å². The molecule has 1 N–H and O–H groups in total. The fraction of sp³-hybridized carbons (Fsp3) is 0.375. The van der Waals surface area contributed by atoms with Crippen molar-refractivity contribution in [3.63, 3.8) is 0 Å². The Morgan fingerprint density at radius 1 is 1.32 bits per heavy atom. The Balaban J connectivity index is 1.81. The molecule has 1 fully saturated rings. The van der Waals surface area contributed by atoms with E-state index in [0.717, 1.165) is 17.3 Å². The number of hydrogen-bond donors (Lipinski definition) is 1. The number of benzene rings is 1. The number of ether oxygens (including phenoxy) is 1. The molecule has 1 aliphatic heterocycles. The predicted molar refractivity (Wildman–Crippen MR) is 87.7 cm³/mol. The topological polar surface area (TPSA) is 58.6 Å². The van der Waals surface area contributed by atoms with E-state index in [2.05, 4.69) is 27.8 Å². The van der Waals surface area contributed by atoms with Crippen LogP contribution in [0.4, 0.5) is 4.79 Å². The molecule has 0 saturated carbocycles. The molecule has 2 rings (SSSR count). The van der Waals surface area contributed by atoms with Crippen molar-refractivity contribution in [3.05, 3.63) is 47.0 Å². The molecule has 0 aliphatic carbocycles. The number of nitrogens with zero attached hydrogens (tertiary/aromatic N) is 1. The van der Waals surface area contributed by atoms with Gasteiger partial charge in [0.05, 0.1) is 0 Å². The van der Waals surface area contributed by atoms with E-state index in [1.165, 1.54) is 6.08 Å². The Hall–Kier alpha value is -1.82. The first-order valence-corrected chi connectivity index (χ1v) is 7.98. The Morgan fingerprint density at radius 2 is 1.95 bits per heavy atom. The van der Waals surface area contributed by atoms with E-state index in [1.807, 2.05) is 29.2 Å². The van der Waals surface area contributed by atoms with Gasteiger partial charge in [-0.1, -0.05) is 28.6 Å². The van der Waals surface area contributed by atoms with Gasteiger partial charge < -0.3 is 15.0 Å². The Labute approximate surface area is 138 Å². The Morgan fingerprint density at radius 3 is 2.55 bits per heavy atom. The molecule has 0 atom stereocenters. The summed E-state index contributed by atoms with van der Waals surface area (Å²) in [6, 6.07) is 7.38. The Kier molecular flexibility index (Phi) is 6.00. The summed E-state index contributed by atoms with van der Waals surface area (Å²) >= 11 is 3.36. The fourth-order valence-corrected chi connectivity index (χ4v) is 2.61. The minimum Gasteiger partial charge on any atom is -0.445 e. The molecule has 5 nitrogen and oxygen atoms in total. The number of halogens is 1. The molecule has 1 heterocycles. The van der Waals surface area contributed by atoms with Gasteiger partial charge in [0.2, 0.25) is 0 Å². The highest BCUT2D eigenvalue weighted by Crippen LogP contribution is 2.16. The van der Waals surface area contributed by atoms with E-state index in [-0.39, 0.29) is 18.6 Å². The van der Waals surface area contributed by atoms with Crippen molar-refractivity contribution in [1.29, 1.82) is 0 Å². The number of carbonyl (C=O) groups is 2.